The lowest BCUT2D eigenvalue weighted by Gasteiger charge is -2.15. The Labute approximate surface area is 196 Å². The Morgan fingerprint density at radius 3 is 2.26 bits per heavy atom. The summed E-state index contributed by atoms with van der Waals surface area (Å²) >= 11 is 3.06. The van der Waals surface area contributed by atoms with Crippen molar-refractivity contribution in [2.24, 2.45) is 0 Å². The van der Waals surface area contributed by atoms with Crippen LogP contribution in [0, 0.1) is 0 Å². The normalized spacial score (nSPS) is 13.6. The fraction of sp³-hybridized carbons (Fsp3) is 0.278. The van der Waals surface area contributed by atoms with E-state index in [2.05, 4.69) is 36.0 Å². The second-order valence-electron chi connectivity index (χ2n) is 6.92. The van der Waals surface area contributed by atoms with Gasteiger partial charge in [0.15, 0.2) is 5.78 Å². The van der Waals surface area contributed by atoms with E-state index in [-0.39, 0.29) is 28.6 Å². The quantitative estimate of drug-likeness (QED) is 0.316. The first-order valence-corrected chi connectivity index (χ1v) is 11.4. The molecule has 3 aromatic rings. The number of Topliss-reactive ketones (excluding diaryl/α,β-unsaturated/α-hetero) is 1. The van der Waals surface area contributed by atoms with Gasteiger partial charge in [-0.05, 0) is 40.2 Å². The summed E-state index contributed by atoms with van der Waals surface area (Å²) in [6.45, 7) is 1.47. The van der Waals surface area contributed by atoms with E-state index in [0.29, 0.717) is 6.07 Å². The first-order valence-electron chi connectivity index (χ1n) is 9.08. The largest absolute Gasteiger partial charge is 0.501 e. The molecule has 3 rings (SSSR count). The minimum Gasteiger partial charge on any atom is -0.294 e. The number of sulfone groups is 1. The summed E-state index contributed by atoms with van der Waals surface area (Å²) in [5, 5.41) is 4.03. The summed E-state index contributed by atoms with van der Waals surface area (Å²) in [5.41, 5.74) is -8.42. The number of rotatable bonds is 6. The summed E-state index contributed by atoms with van der Waals surface area (Å²) in [4.78, 5) is 23.1. The van der Waals surface area contributed by atoms with Crippen molar-refractivity contribution < 1.29 is 39.6 Å². The Morgan fingerprint density at radius 1 is 1.09 bits per heavy atom. The number of alkyl halides is 6. The molecule has 1 unspecified atom stereocenters. The van der Waals surface area contributed by atoms with Gasteiger partial charge in [0, 0.05) is 30.3 Å². The van der Waals surface area contributed by atoms with Gasteiger partial charge in [-0.15, -0.1) is 5.10 Å². The molecule has 182 valence electrons. The highest BCUT2D eigenvalue weighted by atomic mass is 79.9. The summed E-state index contributed by atoms with van der Waals surface area (Å²) < 4.78 is 103. The molecule has 0 fully saturated rings. The molecule has 0 N–H and O–H groups in total. The number of aromatic nitrogens is 5. The van der Waals surface area contributed by atoms with Crippen molar-refractivity contribution in [2.45, 2.75) is 35.8 Å². The topological polar surface area (TPSA) is 108 Å². The van der Waals surface area contributed by atoms with Crippen LogP contribution in [0.5, 0.6) is 0 Å². The second-order valence-corrected chi connectivity index (χ2v) is 9.57. The van der Waals surface area contributed by atoms with Crippen molar-refractivity contribution in [3.63, 3.8) is 0 Å². The van der Waals surface area contributed by atoms with E-state index in [9.17, 15) is 39.6 Å². The number of nitrogens with zero attached hydrogens (tertiary/aromatic N) is 5. The van der Waals surface area contributed by atoms with Crippen LogP contribution in [0.3, 0.4) is 0 Å². The maximum atomic E-state index is 13.2. The van der Waals surface area contributed by atoms with Gasteiger partial charge in [0.05, 0.1) is 10.5 Å². The number of carbonyl (C=O) groups is 1. The van der Waals surface area contributed by atoms with Gasteiger partial charge >= 0.3 is 11.7 Å². The van der Waals surface area contributed by atoms with Crippen molar-refractivity contribution in [3.05, 3.63) is 58.3 Å². The minimum atomic E-state index is -6.14. The first-order chi connectivity index (χ1) is 15.6. The highest BCUT2D eigenvalue weighted by molar-refractivity contribution is 9.10. The molecule has 0 aliphatic heterocycles. The van der Waals surface area contributed by atoms with E-state index in [0.717, 1.165) is 0 Å². The van der Waals surface area contributed by atoms with Crippen LogP contribution < -0.4 is 0 Å². The van der Waals surface area contributed by atoms with Crippen LogP contribution in [-0.2, 0) is 16.0 Å². The Balaban J connectivity index is 2.01. The van der Waals surface area contributed by atoms with Crippen molar-refractivity contribution in [2.75, 3.05) is 0 Å². The number of carbonyl (C=O) groups excluding carboxylic acids is 1. The summed E-state index contributed by atoms with van der Waals surface area (Å²) in [6, 6.07) is 1.94. The van der Waals surface area contributed by atoms with Gasteiger partial charge in [-0.2, -0.15) is 31.0 Å². The Bertz CT molecular complexity index is 1330. The van der Waals surface area contributed by atoms with E-state index in [1.54, 1.807) is 0 Å². The molecule has 2 heterocycles. The van der Waals surface area contributed by atoms with Crippen molar-refractivity contribution in [1.82, 2.24) is 24.7 Å². The van der Waals surface area contributed by atoms with Gasteiger partial charge in [0.1, 0.15) is 5.82 Å². The number of hydrogen-bond donors (Lipinski definition) is 0. The Morgan fingerprint density at radius 2 is 1.71 bits per heavy atom. The average molecular weight is 572 g/mol. The molecule has 34 heavy (non-hydrogen) atoms. The van der Waals surface area contributed by atoms with E-state index in [1.165, 1.54) is 30.1 Å². The third-order valence-electron chi connectivity index (χ3n) is 4.45. The van der Waals surface area contributed by atoms with Crippen LogP contribution in [0.1, 0.15) is 41.0 Å². The van der Waals surface area contributed by atoms with Gasteiger partial charge in [0.2, 0.25) is 4.73 Å². The van der Waals surface area contributed by atoms with E-state index in [1.807, 2.05) is 0 Å². The first kappa shape index (κ1) is 25.7. The van der Waals surface area contributed by atoms with E-state index < -0.39 is 55.7 Å². The van der Waals surface area contributed by atoms with Gasteiger partial charge in [-0.3, -0.25) is 4.79 Å². The maximum Gasteiger partial charge on any atom is 0.501 e. The summed E-state index contributed by atoms with van der Waals surface area (Å²) in [5.74, 6) is -1.67. The number of ketones is 1. The molecule has 0 aliphatic carbocycles. The SMILES string of the molecule is CC(CC(=O)c1cc(C(F)(F)F)cc(S(=O)(=O)C(F)(F)F)c1)c1nc(Br)nn1-c1ncccn1. The van der Waals surface area contributed by atoms with Crippen LogP contribution in [0.2, 0.25) is 0 Å². The minimum absolute atomic E-state index is 0.0765. The number of halogens is 7. The Hall–Kier alpha value is -2.88. The van der Waals surface area contributed by atoms with Crippen molar-refractivity contribution >= 4 is 31.6 Å². The van der Waals surface area contributed by atoms with Crippen molar-refractivity contribution in [3.8, 4) is 5.95 Å². The predicted octanol–water partition coefficient (Wildman–Crippen LogP) is 4.51. The number of hydrogen-bond acceptors (Lipinski definition) is 7. The van der Waals surface area contributed by atoms with Crippen LogP contribution >= 0.6 is 15.9 Å². The second kappa shape index (κ2) is 9.05. The molecule has 1 atom stereocenters. The smallest absolute Gasteiger partial charge is 0.294 e. The molecule has 0 spiro atoms. The zero-order valence-electron chi connectivity index (χ0n) is 16.8. The fourth-order valence-electron chi connectivity index (χ4n) is 2.86. The molecule has 16 heteroatoms. The molecule has 0 aliphatic rings. The summed E-state index contributed by atoms with van der Waals surface area (Å²) in [6.07, 6.45) is -2.93. The van der Waals surface area contributed by atoms with E-state index >= 15 is 0 Å². The highest BCUT2D eigenvalue weighted by Crippen LogP contribution is 2.36. The lowest BCUT2D eigenvalue weighted by molar-refractivity contribution is -0.137. The zero-order valence-corrected chi connectivity index (χ0v) is 19.2. The number of benzene rings is 1. The van der Waals surface area contributed by atoms with Gasteiger partial charge < -0.3 is 0 Å². The third-order valence-corrected chi connectivity index (χ3v) is 6.25. The van der Waals surface area contributed by atoms with Crippen LogP contribution in [0.4, 0.5) is 26.3 Å². The highest BCUT2D eigenvalue weighted by Gasteiger charge is 2.48. The van der Waals surface area contributed by atoms with Crippen LogP contribution in [0.25, 0.3) is 5.95 Å². The Kier molecular flexibility index (Phi) is 6.85. The molecular formula is C18H12BrF6N5O3S. The molecular weight excluding hydrogens is 560 g/mol. The van der Waals surface area contributed by atoms with Crippen LogP contribution in [0.15, 0.2) is 46.3 Å². The van der Waals surface area contributed by atoms with Gasteiger partial charge in [-0.25, -0.2) is 23.4 Å². The molecule has 1 aromatic carbocycles. The average Bonchev–Trinajstić information content (AvgIpc) is 3.14. The molecule has 0 saturated carbocycles. The molecule has 8 nitrogen and oxygen atoms in total. The van der Waals surface area contributed by atoms with Crippen molar-refractivity contribution in [1.29, 1.82) is 0 Å². The maximum absolute atomic E-state index is 13.2. The lowest BCUT2D eigenvalue weighted by atomic mass is 9.97. The third kappa shape index (κ3) is 5.27. The fourth-order valence-corrected chi connectivity index (χ4v) is 4.04. The molecule has 0 radical (unpaired) electrons. The predicted molar refractivity (Wildman–Crippen MR) is 107 cm³/mol. The zero-order chi connectivity index (χ0) is 25.5. The van der Waals surface area contributed by atoms with E-state index in [4.69, 9.17) is 0 Å². The van der Waals surface area contributed by atoms with Gasteiger partial charge in [0.25, 0.3) is 15.8 Å². The molecule has 2 aromatic heterocycles. The summed E-state index contributed by atoms with van der Waals surface area (Å²) in [7, 11) is -6.14. The standard InChI is InChI=1S/C18H12BrF6N5O3S/c1-9(14-28-15(19)29-30(14)16-26-3-2-4-27-16)5-13(31)10-6-11(17(20,21)22)8-12(7-10)34(32,33)18(23,24)25/h2-4,6-9H,5H2,1H3. The van der Waals surface area contributed by atoms with Crippen LogP contribution in [-0.4, -0.2) is 44.4 Å². The lowest BCUT2D eigenvalue weighted by Crippen LogP contribution is -2.24. The molecule has 0 bridgehead atoms. The van der Waals surface area contributed by atoms with Gasteiger partial charge in [-0.1, -0.05) is 6.92 Å². The molecule has 0 amide bonds. The monoisotopic (exact) mass is 571 g/mol. The molecule has 0 saturated heterocycles.